The van der Waals surface area contributed by atoms with E-state index in [9.17, 15) is 8.42 Å². The normalized spacial score (nSPS) is 11.9. The van der Waals surface area contributed by atoms with Crippen LogP contribution in [0.2, 0.25) is 0 Å². The molecule has 1 heterocycles. The van der Waals surface area contributed by atoms with Crippen LogP contribution >= 0.6 is 22.9 Å². The molecule has 0 aliphatic rings. The minimum atomic E-state index is -3.20. The smallest absolute Gasteiger partial charge is 0.212 e. The maximum Gasteiger partial charge on any atom is 0.212 e. The number of nitrogens with one attached hydrogen (secondary N) is 1. The van der Waals surface area contributed by atoms with Crippen molar-refractivity contribution < 1.29 is 8.42 Å². The molecule has 1 N–H and O–H groups in total. The molecule has 15 heavy (non-hydrogen) atoms. The lowest BCUT2D eigenvalue weighted by atomic mass is 10.6. The second-order valence-electron chi connectivity index (χ2n) is 3.07. The molecular formula is C8H13ClN2O2S2. The van der Waals surface area contributed by atoms with Gasteiger partial charge >= 0.3 is 0 Å². The zero-order valence-corrected chi connectivity index (χ0v) is 10.8. The van der Waals surface area contributed by atoms with Gasteiger partial charge < -0.3 is 0 Å². The lowest BCUT2D eigenvalue weighted by molar-refractivity contribution is 0.580. The quantitative estimate of drug-likeness (QED) is 0.796. The van der Waals surface area contributed by atoms with Crippen LogP contribution in [0.3, 0.4) is 0 Å². The van der Waals surface area contributed by atoms with Crippen LogP contribution in [0.15, 0.2) is 5.38 Å². The van der Waals surface area contributed by atoms with Crippen LogP contribution < -0.4 is 4.72 Å². The van der Waals surface area contributed by atoms with Gasteiger partial charge in [0.15, 0.2) is 0 Å². The van der Waals surface area contributed by atoms with Gasteiger partial charge in [-0.2, -0.15) is 0 Å². The molecule has 0 aliphatic heterocycles. The van der Waals surface area contributed by atoms with E-state index in [4.69, 9.17) is 11.6 Å². The third-order valence-electron chi connectivity index (χ3n) is 1.66. The van der Waals surface area contributed by atoms with Crippen molar-refractivity contribution >= 4 is 33.0 Å². The van der Waals surface area contributed by atoms with Crippen LogP contribution in [0.5, 0.6) is 0 Å². The number of nitrogens with zero attached hydrogens (tertiary/aromatic N) is 1. The Morgan fingerprint density at radius 3 is 2.87 bits per heavy atom. The van der Waals surface area contributed by atoms with Crippen LogP contribution in [0.1, 0.15) is 17.1 Å². The molecule has 1 aromatic rings. The Kier molecular flexibility index (Phi) is 4.98. The van der Waals surface area contributed by atoms with Gasteiger partial charge in [-0.05, 0) is 13.3 Å². The molecule has 4 nitrogen and oxygen atoms in total. The highest BCUT2D eigenvalue weighted by atomic mass is 35.5. The van der Waals surface area contributed by atoms with Gasteiger partial charge in [0, 0.05) is 17.0 Å². The highest BCUT2D eigenvalue weighted by Gasteiger charge is 2.10. The van der Waals surface area contributed by atoms with Gasteiger partial charge in [0.25, 0.3) is 0 Å². The first-order valence-electron chi connectivity index (χ1n) is 4.48. The zero-order chi connectivity index (χ0) is 11.3. The van der Waals surface area contributed by atoms with Crippen LogP contribution in [0, 0.1) is 6.92 Å². The number of halogens is 1. The van der Waals surface area contributed by atoms with E-state index in [1.807, 2.05) is 12.3 Å². The summed E-state index contributed by atoms with van der Waals surface area (Å²) >= 11 is 6.88. The van der Waals surface area contributed by atoms with E-state index in [0.29, 0.717) is 12.3 Å². The van der Waals surface area contributed by atoms with E-state index in [2.05, 4.69) is 9.71 Å². The molecule has 86 valence electrons. The Balaban J connectivity index is 2.42. The fraction of sp³-hybridized carbons (Fsp3) is 0.625. The second kappa shape index (κ2) is 5.79. The number of hydrogen-bond acceptors (Lipinski definition) is 4. The number of aryl methyl sites for hydroxylation is 1. The third kappa shape index (κ3) is 4.92. The summed E-state index contributed by atoms with van der Waals surface area (Å²) in [5.74, 6) is 0.429. The van der Waals surface area contributed by atoms with Crippen molar-refractivity contribution in [3.05, 3.63) is 16.1 Å². The topological polar surface area (TPSA) is 59.1 Å². The van der Waals surface area contributed by atoms with Gasteiger partial charge in [-0.3, -0.25) is 0 Å². The van der Waals surface area contributed by atoms with Crippen LogP contribution in [0.25, 0.3) is 0 Å². The minimum Gasteiger partial charge on any atom is -0.245 e. The Labute approximate surface area is 98.7 Å². The van der Waals surface area contributed by atoms with E-state index in [-0.39, 0.29) is 12.3 Å². The number of sulfonamides is 1. The maximum atomic E-state index is 11.4. The number of alkyl halides is 1. The molecule has 0 radical (unpaired) electrons. The minimum absolute atomic E-state index is 0.0703. The van der Waals surface area contributed by atoms with E-state index < -0.39 is 10.0 Å². The molecule has 0 amide bonds. The van der Waals surface area contributed by atoms with Crippen molar-refractivity contribution in [2.75, 3.05) is 11.6 Å². The van der Waals surface area contributed by atoms with Gasteiger partial charge in [-0.15, -0.1) is 22.9 Å². The van der Waals surface area contributed by atoms with Gasteiger partial charge in [0.2, 0.25) is 10.0 Å². The van der Waals surface area contributed by atoms with Crippen LogP contribution in [0.4, 0.5) is 0 Å². The summed E-state index contributed by atoms with van der Waals surface area (Å²) in [5, 5.41) is 2.67. The number of rotatable bonds is 6. The summed E-state index contributed by atoms with van der Waals surface area (Å²) in [4.78, 5) is 4.16. The van der Waals surface area contributed by atoms with Crippen molar-refractivity contribution in [2.45, 2.75) is 19.9 Å². The molecule has 0 fully saturated rings. The van der Waals surface area contributed by atoms with Crippen LogP contribution in [-0.2, 0) is 16.6 Å². The highest BCUT2D eigenvalue weighted by molar-refractivity contribution is 7.89. The number of hydrogen-bond donors (Lipinski definition) is 1. The van der Waals surface area contributed by atoms with E-state index in [0.717, 1.165) is 10.7 Å². The first-order chi connectivity index (χ1) is 7.03. The molecule has 0 aliphatic carbocycles. The third-order valence-corrected chi connectivity index (χ3v) is 4.30. The lowest BCUT2D eigenvalue weighted by Crippen LogP contribution is -2.26. The molecule has 0 spiro atoms. The van der Waals surface area contributed by atoms with Crippen molar-refractivity contribution in [3.63, 3.8) is 0 Å². The van der Waals surface area contributed by atoms with E-state index >= 15 is 0 Å². The summed E-state index contributed by atoms with van der Waals surface area (Å²) in [5.41, 5.74) is 0.912. The van der Waals surface area contributed by atoms with E-state index in [1.54, 1.807) is 0 Å². The van der Waals surface area contributed by atoms with Gasteiger partial charge in [0.1, 0.15) is 5.01 Å². The second-order valence-corrected chi connectivity index (χ2v) is 6.31. The first kappa shape index (κ1) is 12.9. The summed E-state index contributed by atoms with van der Waals surface area (Å²) in [7, 11) is -3.20. The zero-order valence-electron chi connectivity index (χ0n) is 8.36. The maximum absolute atomic E-state index is 11.4. The fourth-order valence-electron chi connectivity index (χ4n) is 0.972. The summed E-state index contributed by atoms with van der Waals surface area (Å²) < 4.78 is 25.2. The average molecular weight is 269 g/mol. The Hall–Kier alpha value is -0.170. The largest absolute Gasteiger partial charge is 0.245 e. The predicted octanol–water partition coefficient (Wildman–Crippen LogP) is 1.50. The number of aromatic nitrogens is 1. The molecule has 1 rings (SSSR count). The van der Waals surface area contributed by atoms with Gasteiger partial charge in [-0.25, -0.2) is 18.1 Å². The molecule has 1 aromatic heterocycles. The molecule has 0 saturated heterocycles. The first-order valence-corrected chi connectivity index (χ1v) is 7.54. The Bertz CT molecular complexity index is 403. The Morgan fingerprint density at radius 2 is 2.33 bits per heavy atom. The summed E-state index contributed by atoms with van der Waals surface area (Å²) in [6.45, 7) is 2.14. The van der Waals surface area contributed by atoms with E-state index in [1.165, 1.54) is 11.3 Å². The van der Waals surface area contributed by atoms with Gasteiger partial charge in [0.05, 0.1) is 12.3 Å². The molecule has 0 atom stereocenters. The van der Waals surface area contributed by atoms with Crippen LogP contribution in [-0.4, -0.2) is 25.0 Å². The number of thiazole rings is 1. The molecule has 0 bridgehead atoms. The average Bonchev–Trinajstić information content (AvgIpc) is 2.59. The highest BCUT2D eigenvalue weighted by Crippen LogP contribution is 2.08. The van der Waals surface area contributed by atoms with Crippen molar-refractivity contribution in [2.24, 2.45) is 0 Å². The molecule has 0 unspecified atom stereocenters. The monoisotopic (exact) mass is 268 g/mol. The van der Waals surface area contributed by atoms with Crippen molar-refractivity contribution in [1.29, 1.82) is 0 Å². The predicted molar refractivity (Wildman–Crippen MR) is 62.8 cm³/mol. The lowest BCUT2D eigenvalue weighted by Gasteiger charge is -2.03. The molecule has 0 aromatic carbocycles. The SMILES string of the molecule is Cc1csc(CNS(=O)(=O)CCCCl)n1. The standard InChI is InChI=1S/C8H13ClN2O2S2/c1-7-6-14-8(11-7)5-10-15(12,13)4-2-3-9/h6,10H,2-5H2,1H3. The Morgan fingerprint density at radius 1 is 1.60 bits per heavy atom. The van der Waals surface area contributed by atoms with Crippen molar-refractivity contribution in [3.8, 4) is 0 Å². The fourth-order valence-corrected chi connectivity index (χ4v) is 3.09. The molecule has 0 saturated carbocycles. The van der Waals surface area contributed by atoms with Gasteiger partial charge in [-0.1, -0.05) is 0 Å². The summed E-state index contributed by atoms with van der Waals surface area (Å²) in [6.07, 6.45) is 0.466. The van der Waals surface area contributed by atoms with Crippen molar-refractivity contribution in [1.82, 2.24) is 9.71 Å². The summed E-state index contributed by atoms with van der Waals surface area (Å²) in [6, 6.07) is 0. The molecular weight excluding hydrogens is 256 g/mol. The molecule has 7 heteroatoms.